The molecule has 1 aromatic heterocycles. The van der Waals surface area contributed by atoms with Crippen LogP contribution in [0.25, 0.3) is 10.9 Å². The van der Waals surface area contributed by atoms with Gasteiger partial charge in [0.25, 0.3) is 0 Å². The number of benzene rings is 1. The molecule has 0 unspecified atom stereocenters. The van der Waals surface area contributed by atoms with Crippen LogP contribution in [-0.4, -0.2) is 4.98 Å². The van der Waals surface area contributed by atoms with Gasteiger partial charge in [-0.1, -0.05) is 6.07 Å². The number of aromatic amines is 1. The Morgan fingerprint density at radius 2 is 2.14 bits per heavy atom. The van der Waals surface area contributed by atoms with Gasteiger partial charge >= 0.3 is 0 Å². The van der Waals surface area contributed by atoms with E-state index in [2.05, 4.69) is 4.98 Å². The zero-order chi connectivity index (χ0) is 10.1. The van der Waals surface area contributed by atoms with E-state index in [0.29, 0.717) is 6.54 Å². The van der Waals surface area contributed by atoms with Gasteiger partial charge in [0.05, 0.1) is 5.52 Å². The molecule has 0 radical (unpaired) electrons. The smallest absolute Gasteiger partial charge is 0.248 e. The van der Waals surface area contributed by atoms with Crippen LogP contribution in [0.15, 0.2) is 29.1 Å². The predicted octanol–water partition coefficient (Wildman–Crippen LogP) is 1.30. The average molecular weight is 188 g/mol. The maximum atomic E-state index is 11.1. The van der Waals surface area contributed by atoms with Gasteiger partial charge in [-0.3, -0.25) is 4.79 Å². The molecule has 0 aliphatic heterocycles. The number of nitrogens with one attached hydrogen (secondary N) is 1. The first kappa shape index (κ1) is 8.97. The Hall–Kier alpha value is -1.61. The molecule has 0 atom stereocenters. The Bertz CT molecular complexity index is 528. The second-order valence-electron chi connectivity index (χ2n) is 3.40. The van der Waals surface area contributed by atoms with Crippen molar-refractivity contribution in [2.45, 2.75) is 13.5 Å². The van der Waals surface area contributed by atoms with Crippen molar-refractivity contribution in [1.29, 1.82) is 0 Å². The van der Waals surface area contributed by atoms with Crippen LogP contribution >= 0.6 is 0 Å². The van der Waals surface area contributed by atoms with Crippen LogP contribution in [0.1, 0.15) is 11.1 Å². The molecule has 72 valence electrons. The van der Waals surface area contributed by atoms with Gasteiger partial charge in [-0.05, 0) is 35.6 Å². The Balaban J connectivity index is 2.83. The zero-order valence-corrected chi connectivity index (χ0v) is 8.00. The van der Waals surface area contributed by atoms with E-state index in [9.17, 15) is 4.79 Å². The van der Waals surface area contributed by atoms with E-state index in [4.69, 9.17) is 5.73 Å². The summed E-state index contributed by atoms with van der Waals surface area (Å²) in [5.74, 6) is 0. The highest BCUT2D eigenvalue weighted by Crippen LogP contribution is 2.16. The fourth-order valence-corrected chi connectivity index (χ4v) is 1.64. The highest BCUT2D eigenvalue weighted by atomic mass is 16.1. The molecule has 0 aliphatic carbocycles. The molecule has 0 bridgehead atoms. The maximum Gasteiger partial charge on any atom is 0.248 e. The fraction of sp³-hybridized carbons (Fsp3) is 0.182. The molecule has 3 heteroatoms. The monoisotopic (exact) mass is 188 g/mol. The van der Waals surface area contributed by atoms with Crippen molar-refractivity contribution in [1.82, 2.24) is 4.98 Å². The van der Waals surface area contributed by atoms with E-state index in [1.807, 2.05) is 25.1 Å². The number of fused-ring (bicyclic) bond motifs is 1. The Kier molecular flexibility index (Phi) is 2.09. The summed E-state index contributed by atoms with van der Waals surface area (Å²) in [6, 6.07) is 7.35. The van der Waals surface area contributed by atoms with Crippen molar-refractivity contribution < 1.29 is 0 Å². The van der Waals surface area contributed by atoms with Gasteiger partial charge in [0, 0.05) is 12.6 Å². The summed E-state index contributed by atoms with van der Waals surface area (Å²) in [5.41, 5.74) is 8.54. The minimum Gasteiger partial charge on any atom is -0.326 e. The lowest BCUT2D eigenvalue weighted by Crippen LogP contribution is -2.04. The number of rotatable bonds is 1. The lowest BCUT2D eigenvalue weighted by molar-refractivity contribution is 1.07. The molecule has 0 aliphatic rings. The lowest BCUT2D eigenvalue weighted by atomic mass is 10.1. The second-order valence-corrected chi connectivity index (χ2v) is 3.40. The summed E-state index contributed by atoms with van der Waals surface area (Å²) in [7, 11) is 0. The number of aromatic nitrogens is 1. The van der Waals surface area contributed by atoms with Crippen molar-refractivity contribution in [3.8, 4) is 0 Å². The van der Waals surface area contributed by atoms with Crippen LogP contribution < -0.4 is 11.3 Å². The molecule has 0 fully saturated rings. The van der Waals surface area contributed by atoms with Crippen LogP contribution in [-0.2, 0) is 6.54 Å². The highest BCUT2D eigenvalue weighted by Gasteiger charge is 2.00. The third-order valence-corrected chi connectivity index (χ3v) is 2.32. The van der Waals surface area contributed by atoms with E-state index in [1.165, 1.54) is 6.07 Å². The van der Waals surface area contributed by atoms with Crippen LogP contribution in [0, 0.1) is 6.92 Å². The minimum atomic E-state index is -0.0684. The Labute approximate surface area is 81.6 Å². The van der Waals surface area contributed by atoms with E-state index >= 15 is 0 Å². The third kappa shape index (κ3) is 1.42. The SMILES string of the molecule is Cc1cc(CN)cc2ccc(=O)[nH]c12. The maximum absolute atomic E-state index is 11.1. The topological polar surface area (TPSA) is 58.9 Å². The number of pyridine rings is 1. The van der Waals surface area contributed by atoms with Crippen LogP contribution in [0.5, 0.6) is 0 Å². The highest BCUT2D eigenvalue weighted by molar-refractivity contribution is 5.82. The summed E-state index contributed by atoms with van der Waals surface area (Å²) in [6.07, 6.45) is 0. The van der Waals surface area contributed by atoms with Crippen molar-refractivity contribution >= 4 is 10.9 Å². The molecule has 14 heavy (non-hydrogen) atoms. The Morgan fingerprint density at radius 1 is 1.36 bits per heavy atom. The van der Waals surface area contributed by atoms with E-state index in [-0.39, 0.29) is 5.56 Å². The number of H-pyrrole nitrogens is 1. The first-order valence-corrected chi connectivity index (χ1v) is 4.53. The predicted molar refractivity (Wildman–Crippen MR) is 57.2 cm³/mol. The van der Waals surface area contributed by atoms with Crippen LogP contribution in [0.3, 0.4) is 0 Å². The van der Waals surface area contributed by atoms with Gasteiger partial charge in [-0.15, -0.1) is 0 Å². The van der Waals surface area contributed by atoms with Gasteiger partial charge in [0.15, 0.2) is 0 Å². The molecular weight excluding hydrogens is 176 g/mol. The van der Waals surface area contributed by atoms with Gasteiger partial charge < -0.3 is 10.7 Å². The summed E-state index contributed by atoms with van der Waals surface area (Å²) in [4.78, 5) is 13.9. The van der Waals surface area contributed by atoms with Crippen molar-refractivity contribution in [3.05, 3.63) is 45.7 Å². The summed E-state index contributed by atoms with van der Waals surface area (Å²) in [6.45, 7) is 2.49. The summed E-state index contributed by atoms with van der Waals surface area (Å²) < 4.78 is 0. The third-order valence-electron chi connectivity index (χ3n) is 2.32. The van der Waals surface area contributed by atoms with E-state index in [1.54, 1.807) is 0 Å². The normalized spacial score (nSPS) is 10.7. The minimum absolute atomic E-state index is 0.0684. The van der Waals surface area contributed by atoms with Crippen molar-refractivity contribution in [2.75, 3.05) is 0 Å². The average Bonchev–Trinajstić information content (AvgIpc) is 2.19. The molecule has 3 N–H and O–H groups in total. The lowest BCUT2D eigenvalue weighted by Gasteiger charge is -2.04. The summed E-state index contributed by atoms with van der Waals surface area (Å²) >= 11 is 0. The second kappa shape index (κ2) is 3.27. The quantitative estimate of drug-likeness (QED) is 0.708. The molecule has 0 amide bonds. The standard InChI is InChI=1S/C11H12N2O/c1-7-4-8(6-12)5-9-2-3-10(14)13-11(7)9/h2-5H,6,12H2,1H3,(H,13,14). The molecular formula is C11H12N2O. The number of hydrogen-bond acceptors (Lipinski definition) is 2. The molecule has 2 rings (SSSR count). The first-order valence-electron chi connectivity index (χ1n) is 4.53. The molecule has 1 heterocycles. The molecule has 3 nitrogen and oxygen atoms in total. The van der Waals surface area contributed by atoms with Crippen LogP contribution in [0.2, 0.25) is 0 Å². The molecule has 0 saturated heterocycles. The van der Waals surface area contributed by atoms with E-state index in [0.717, 1.165) is 22.0 Å². The molecule has 0 spiro atoms. The van der Waals surface area contributed by atoms with Crippen molar-refractivity contribution in [2.24, 2.45) is 5.73 Å². The largest absolute Gasteiger partial charge is 0.326 e. The van der Waals surface area contributed by atoms with Gasteiger partial charge in [-0.2, -0.15) is 0 Å². The number of aryl methyl sites for hydroxylation is 1. The van der Waals surface area contributed by atoms with Gasteiger partial charge in [0.2, 0.25) is 5.56 Å². The van der Waals surface area contributed by atoms with Crippen LogP contribution in [0.4, 0.5) is 0 Å². The molecule has 2 aromatic rings. The Morgan fingerprint density at radius 3 is 2.86 bits per heavy atom. The number of nitrogens with two attached hydrogens (primary N) is 1. The number of hydrogen-bond donors (Lipinski definition) is 2. The molecule has 0 saturated carbocycles. The van der Waals surface area contributed by atoms with Gasteiger partial charge in [-0.25, -0.2) is 0 Å². The van der Waals surface area contributed by atoms with Gasteiger partial charge in [0.1, 0.15) is 0 Å². The van der Waals surface area contributed by atoms with Crippen molar-refractivity contribution in [3.63, 3.8) is 0 Å². The molecule has 1 aromatic carbocycles. The summed E-state index contributed by atoms with van der Waals surface area (Å²) in [5, 5.41) is 1.03. The zero-order valence-electron chi connectivity index (χ0n) is 8.00. The fourth-order valence-electron chi connectivity index (χ4n) is 1.64. The first-order chi connectivity index (χ1) is 6.70. The van der Waals surface area contributed by atoms with E-state index < -0.39 is 0 Å².